The number of aliphatic hydroxyl groups excluding tert-OH is 1. The van der Waals surface area contributed by atoms with Crippen molar-refractivity contribution in [1.29, 1.82) is 0 Å². The maximum atomic E-state index is 13.9. The quantitative estimate of drug-likeness (QED) is 0.0521. The van der Waals surface area contributed by atoms with Crippen LogP contribution in [0.4, 0.5) is 61.5 Å². The predicted molar refractivity (Wildman–Crippen MR) is 318 cm³/mol. The average molecular weight is 1340 g/mol. The third-order valence-corrected chi connectivity index (χ3v) is 26.4. The van der Waals surface area contributed by atoms with E-state index >= 15 is 0 Å². The van der Waals surface area contributed by atoms with Gasteiger partial charge in [0.15, 0.2) is 31.3 Å². The molecule has 0 atom stereocenters. The van der Waals surface area contributed by atoms with E-state index in [1.807, 2.05) is 0 Å². The van der Waals surface area contributed by atoms with Crippen molar-refractivity contribution in [1.82, 2.24) is 0 Å². The monoisotopic (exact) mass is 1330 g/mol. The number of halogens is 14. The van der Waals surface area contributed by atoms with Crippen molar-refractivity contribution < 1.29 is 111 Å². The van der Waals surface area contributed by atoms with Gasteiger partial charge in [0, 0.05) is 24.7 Å². The number of aliphatic hydroxyl groups is 1. The molecular weight excluding hydrogens is 1230 g/mol. The molecule has 0 amide bonds. The molecule has 0 aromatic heterocycles. The van der Waals surface area contributed by atoms with Gasteiger partial charge in [-0.1, -0.05) is 117 Å². The Balaban J connectivity index is 0.000000554. The van der Waals surface area contributed by atoms with Gasteiger partial charge in [0.05, 0.1) is 0 Å². The third-order valence-electron chi connectivity index (χ3n) is 19.5. The molecule has 1 saturated heterocycles. The fourth-order valence-corrected chi connectivity index (χ4v) is 20.6. The van der Waals surface area contributed by atoms with E-state index in [9.17, 15) is 66.6 Å². The van der Waals surface area contributed by atoms with Crippen LogP contribution in [0.1, 0.15) is 235 Å². The van der Waals surface area contributed by atoms with Crippen LogP contribution < -0.4 is 29.6 Å². The first kappa shape index (κ1) is 81.1. The number of thioether (sulfide) groups is 3. The van der Waals surface area contributed by atoms with E-state index < -0.39 is 50.1 Å². The molecule has 0 bridgehead atoms. The SMILES string of the molecule is C.CCCC1CCC(C2CCC(C(F)(F)C(F)(F)F)CC2)CC1.CCCC1CCC(C2CCC(C3(C(F)(F)F)SCCCS3)CC2)CC1.CCCC1CCC(C2CCC(CO)CC2)CC1.FC(F)(F)C1=[S+]CCCS1.O=S(=O)([O-])C(F)(F)F.[H-].[Na+]. The normalized spacial score (nSPS) is 31.8. The summed E-state index contributed by atoms with van der Waals surface area (Å²) in [6.45, 7) is 7.21. The average Bonchev–Trinajstić information content (AvgIpc) is 2.76. The second kappa shape index (κ2) is 38.3. The molecule has 8 aliphatic rings. The first-order valence-corrected chi connectivity index (χ1v) is 36.4. The van der Waals surface area contributed by atoms with Gasteiger partial charge in [-0.2, -0.15) is 61.5 Å². The van der Waals surface area contributed by atoms with E-state index in [0.29, 0.717) is 66.1 Å². The zero-order valence-corrected chi connectivity index (χ0v) is 55.7. The Kier molecular flexibility index (Phi) is 37.0. The van der Waals surface area contributed by atoms with Crippen molar-refractivity contribution in [3.63, 3.8) is 0 Å². The van der Waals surface area contributed by atoms with E-state index in [0.717, 1.165) is 110 Å². The molecule has 8 rings (SSSR count). The largest absolute Gasteiger partial charge is 1.00 e. The van der Waals surface area contributed by atoms with Gasteiger partial charge in [-0.15, -0.1) is 23.5 Å². The molecule has 84 heavy (non-hydrogen) atoms. The molecule has 0 unspecified atom stereocenters. The predicted octanol–water partition coefficient (Wildman–Crippen LogP) is 18.2. The van der Waals surface area contributed by atoms with E-state index in [1.54, 1.807) is 0 Å². The summed E-state index contributed by atoms with van der Waals surface area (Å²) >= 11 is 4.26. The van der Waals surface area contributed by atoms with Crippen molar-refractivity contribution >= 4 is 61.0 Å². The molecular formula is C60H101F14NaO4S5. The topological polar surface area (TPSA) is 77.4 Å². The Morgan fingerprint density at radius 2 is 0.845 bits per heavy atom. The van der Waals surface area contributed by atoms with Crippen molar-refractivity contribution in [2.24, 2.45) is 71.0 Å². The Bertz CT molecular complexity index is 1900. The first-order chi connectivity index (χ1) is 38.4. The van der Waals surface area contributed by atoms with Crippen LogP contribution in [0.3, 0.4) is 0 Å². The molecule has 0 aromatic rings. The molecule has 0 radical (unpaired) electrons. The standard InChI is InChI=1S/C20H33F3S2.C17H27F5.C16H30O.C5H6F3S2.CHF3O3S.CH4.Na.H/c1-2-4-15-5-7-16(8-6-15)17-9-11-18(12-10-17)19(20(21,22)23)24-13-3-14-25-19;1-2-3-12-4-6-13(7-5-12)14-8-10-15(11-9-14)16(18,19)17(20,21)22;1-2-3-13-4-8-15(9-5-13)16-10-6-14(12-17)7-11-16;6-5(7,8)4-9-2-1-3-10-4;2-1(3,4)8(5,6)7;;;/h15-18H,2-14H2,1H3;12-15H,2-11H2,1H3;13-17H,2-12H2,1H3;1-3H2;(H,5,6,7);1H4;;/q;;;+1;;;+1;-1/p-1. The van der Waals surface area contributed by atoms with Gasteiger partial charge in [0.1, 0.15) is 0 Å². The number of alkyl halides is 14. The van der Waals surface area contributed by atoms with Gasteiger partial charge in [0.2, 0.25) is 0 Å². The van der Waals surface area contributed by atoms with Crippen LogP contribution in [0.25, 0.3) is 0 Å². The van der Waals surface area contributed by atoms with Gasteiger partial charge < -0.3 is 11.1 Å². The van der Waals surface area contributed by atoms with E-state index in [2.05, 4.69) is 20.8 Å². The summed E-state index contributed by atoms with van der Waals surface area (Å²) in [5.41, 5.74) is -5.65. The van der Waals surface area contributed by atoms with Gasteiger partial charge in [0.25, 0.3) is 0 Å². The van der Waals surface area contributed by atoms with Crippen molar-refractivity contribution in [2.45, 2.75) is 268 Å². The second-order valence-electron chi connectivity index (χ2n) is 25.0. The summed E-state index contributed by atoms with van der Waals surface area (Å²) in [5, 5.41) is 9.18. The maximum Gasteiger partial charge on any atom is 1.00 e. The number of hydrogen-bond acceptors (Lipinski definition) is 7. The molecule has 1 N–H and O–H groups in total. The maximum absolute atomic E-state index is 13.9. The van der Waals surface area contributed by atoms with Crippen molar-refractivity contribution in [3.05, 3.63) is 0 Å². The molecule has 24 heteroatoms. The van der Waals surface area contributed by atoms with Crippen molar-refractivity contribution in [3.8, 4) is 0 Å². The fourth-order valence-electron chi connectivity index (χ4n) is 14.8. The van der Waals surface area contributed by atoms with Crippen LogP contribution in [0.2, 0.25) is 0 Å². The summed E-state index contributed by atoms with van der Waals surface area (Å²) in [7, 11) is -6.09. The van der Waals surface area contributed by atoms with Gasteiger partial charge in [-0.3, -0.25) is 0 Å². The molecule has 494 valence electrons. The smallest absolute Gasteiger partial charge is 1.00 e. The summed E-state index contributed by atoms with van der Waals surface area (Å²) in [5.74, 6) is 4.20. The Labute approximate surface area is 536 Å². The molecule has 4 nitrogen and oxygen atoms in total. The van der Waals surface area contributed by atoms with Gasteiger partial charge in [-0.05, 0) is 199 Å². The summed E-state index contributed by atoms with van der Waals surface area (Å²) in [6.07, 6.45) is 22.4. The Morgan fingerprint density at radius 1 is 0.524 bits per heavy atom. The van der Waals surface area contributed by atoms with Crippen LogP contribution >= 0.6 is 35.3 Å². The van der Waals surface area contributed by atoms with E-state index in [1.165, 1.54) is 152 Å². The van der Waals surface area contributed by atoms with Crippen molar-refractivity contribution in [2.75, 3.05) is 29.6 Å². The van der Waals surface area contributed by atoms with Crippen LogP contribution in [0.5, 0.6) is 0 Å². The fraction of sp³-hybridized carbons (Fsp3) is 0.983. The third kappa shape index (κ3) is 25.8. The zero-order valence-electron chi connectivity index (χ0n) is 50.6. The summed E-state index contributed by atoms with van der Waals surface area (Å²) < 4.78 is 198. The Morgan fingerprint density at radius 3 is 1.10 bits per heavy atom. The Hall–Kier alpha value is 1.03. The molecule has 0 aromatic carbocycles. The van der Waals surface area contributed by atoms with E-state index in [4.69, 9.17) is 13.0 Å². The molecule has 2 heterocycles. The molecule has 6 aliphatic carbocycles. The first-order valence-electron chi connectivity index (χ1n) is 31.0. The minimum atomic E-state index is -6.09. The molecule has 0 spiro atoms. The summed E-state index contributed by atoms with van der Waals surface area (Å²) in [6, 6.07) is 0. The second-order valence-corrected chi connectivity index (χ2v) is 31.7. The van der Waals surface area contributed by atoms with Crippen LogP contribution in [0.15, 0.2) is 0 Å². The van der Waals surface area contributed by atoms with Crippen LogP contribution in [-0.2, 0) is 21.5 Å². The van der Waals surface area contributed by atoms with Gasteiger partial charge in [-0.25, -0.2) is 8.42 Å². The van der Waals surface area contributed by atoms with Gasteiger partial charge >= 0.3 is 63.7 Å². The molecule has 2 aliphatic heterocycles. The number of hydrogen-bond donors (Lipinski definition) is 1. The van der Waals surface area contributed by atoms with E-state index in [-0.39, 0.29) is 61.4 Å². The number of rotatable bonds is 12. The minimum Gasteiger partial charge on any atom is -1.00 e. The zero-order chi connectivity index (χ0) is 61.0. The molecule has 7 fully saturated rings. The van der Waals surface area contributed by atoms with Crippen LogP contribution in [0, 0.1) is 71.0 Å². The summed E-state index contributed by atoms with van der Waals surface area (Å²) in [4.78, 5) is 0. The van der Waals surface area contributed by atoms with Crippen LogP contribution in [-0.4, -0.2) is 85.9 Å². The molecule has 6 saturated carbocycles. The minimum absolute atomic E-state index is 0.